The molecule has 0 fully saturated rings. The molecular formula is C13H8Br2F2N2S. The zero-order valence-electron chi connectivity index (χ0n) is 9.88. The molecule has 2 nitrogen and oxygen atoms in total. The van der Waals surface area contributed by atoms with Gasteiger partial charge in [0.1, 0.15) is 10.8 Å². The molecule has 0 saturated carbocycles. The first-order chi connectivity index (χ1) is 9.40. The number of benzene rings is 2. The highest BCUT2D eigenvalue weighted by Gasteiger charge is 2.14. The molecule has 0 aromatic heterocycles. The van der Waals surface area contributed by atoms with E-state index < -0.39 is 11.6 Å². The Hall–Kier alpha value is -1.05. The number of hydrogen-bond donors (Lipinski definition) is 2. The largest absolute Gasteiger partial charge is 0.389 e. The fraction of sp³-hybridized carbons (Fsp3) is 0. The second-order valence-corrected chi connectivity index (χ2v) is 6.05. The van der Waals surface area contributed by atoms with Crippen LogP contribution in [0, 0.1) is 11.6 Å². The third-order valence-corrected chi connectivity index (χ3v) is 4.03. The molecule has 0 saturated heterocycles. The number of anilines is 2. The number of rotatable bonds is 3. The fourth-order valence-electron chi connectivity index (χ4n) is 1.57. The van der Waals surface area contributed by atoms with Gasteiger partial charge in [0.25, 0.3) is 0 Å². The van der Waals surface area contributed by atoms with Crippen molar-refractivity contribution < 1.29 is 8.78 Å². The number of thiocarbonyl (C=S) groups is 1. The molecule has 0 bridgehead atoms. The third-order valence-electron chi connectivity index (χ3n) is 2.55. The van der Waals surface area contributed by atoms with Crippen molar-refractivity contribution in [3.05, 3.63) is 56.5 Å². The molecule has 0 aliphatic carbocycles. The summed E-state index contributed by atoms with van der Waals surface area (Å²) >= 11 is 11.1. The molecule has 0 unspecified atom stereocenters. The van der Waals surface area contributed by atoms with Crippen molar-refractivity contribution in [2.75, 3.05) is 5.32 Å². The summed E-state index contributed by atoms with van der Waals surface area (Å²) in [4.78, 5) is 0.0796. The van der Waals surface area contributed by atoms with Gasteiger partial charge in [-0.15, -0.1) is 0 Å². The molecule has 104 valence electrons. The van der Waals surface area contributed by atoms with E-state index in [0.29, 0.717) is 10.0 Å². The lowest BCUT2D eigenvalue weighted by Crippen LogP contribution is -2.11. The number of nitrogens with two attached hydrogens (primary N) is 1. The van der Waals surface area contributed by atoms with Crippen LogP contribution in [-0.2, 0) is 0 Å². The molecule has 2 aromatic carbocycles. The van der Waals surface area contributed by atoms with Crippen LogP contribution in [0.4, 0.5) is 20.2 Å². The van der Waals surface area contributed by atoms with Crippen LogP contribution < -0.4 is 11.1 Å². The van der Waals surface area contributed by atoms with Crippen molar-refractivity contribution in [2.45, 2.75) is 0 Å². The van der Waals surface area contributed by atoms with Crippen molar-refractivity contribution in [1.82, 2.24) is 0 Å². The van der Waals surface area contributed by atoms with Gasteiger partial charge in [0.15, 0.2) is 5.82 Å². The molecule has 7 heteroatoms. The topological polar surface area (TPSA) is 38.0 Å². The van der Waals surface area contributed by atoms with Gasteiger partial charge in [-0.1, -0.05) is 28.1 Å². The van der Waals surface area contributed by atoms with Gasteiger partial charge in [0, 0.05) is 10.0 Å². The standard InChI is InChI=1S/C13H8Br2F2N2S/c14-6-1-3-8(16)10(5-6)19-9-4-2-7(13(18)20)11(15)12(9)17/h1-5,19H,(H2,18,20). The minimum atomic E-state index is -0.588. The normalized spacial score (nSPS) is 10.4. The monoisotopic (exact) mass is 420 g/mol. The van der Waals surface area contributed by atoms with E-state index >= 15 is 0 Å². The highest BCUT2D eigenvalue weighted by Crippen LogP contribution is 2.30. The van der Waals surface area contributed by atoms with Gasteiger partial charge >= 0.3 is 0 Å². The first-order valence-corrected chi connectivity index (χ1v) is 7.39. The second-order valence-electron chi connectivity index (χ2n) is 3.90. The van der Waals surface area contributed by atoms with E-state index in [0.717, 1.165) is 0 Å². The molecule has 0 amide bonds. The minimum Gasteiger partial charge on any atom is -0.389 e. The zero-order valence-corrected chi connectivity index (χ0v) is 13.9. The quantitative estimate of drug-likeness (QED) is 0.694. The first-order valence-electron chi connectivity index (χ1n) is 5.40. The summed E-state index contributed by atoms with van der Waals surface area (Å²) in [6.45, 7) is 0. The first kappa shape index (κ1) is 15.3. The average molecular weight is 422 g/mol. The van der Waals surface area contributed by atoms with E-state index in [1.54, 1.807) is 12.1 Å². The van der Waals surface area contributed by atoms with Crippen LogP contribution >= 0.6 is 44.1 Å². The Labute approximate surface area is 136 Å². The van der Waals surface area contributed by atoms with Crippen LogP contribution in [0.25, 0.3) is 0 Å². The van der Waals surface area contributed by atoms with Gasteiger partial charge in [-0.25, -0.2) is 8.78 Å². The molecule has 0 atom stereocenters. The molecule has 20 heavy (non-hydrogen) atoms. The summed E-state index contributed by atoms with van der Waals surface area (Å²) in [6, 6.07) is 7.37. The zero-order chi connectivity index (χ0) is 14.9. The summed E-state index contributed by atoms with van der Waals surface area (Å²) in [5.41, 5.74) is 6.14. The Morgan fingerprint density at radius 3 is 2.45 bits per heavy atom. The van der Waals surface area contributed by atoms with Crippen LogP contribution in [0.3, 0.4) is 0 Å². The van der Waals surface area contributed by atoms with Gasteiger partial charge in [0.2, 0.25) is 0 Å². The van der Waals surface area contributed by atoms with E-state index in [2.05, 4.69) is 37.2 Å². The van der Waals surface area contributed by atoms with Crippen LogP contribution in [0.1, 0.15) is 5.56 Å². The molecule has 0 heterocycles. The van der Waals surface area contributed by atoms with E-state index in [9.17, 15) is 8.78 Å². The Balaban J connectivity index is 2.42. The van der Waals surface area contributed by atoms with Crippen LogP contribution in [0.15, 0.2) is 39.3 Å². The molecule has 0 aliphatic heterocycles. The molecular weight excluding hydrogens is 414 g/mol. The lowest BCUT2D eigenvalue weighted by molar-refractivity contribution is 0.621. The summed E-state index contributed by atoms with van der Waals surface area (Å²) in [6.07, 6.45) is 0. The maximum absolute atomic E-state index is 14.2. The Morgan fingerprint density at radius 1 is 1.10 bits per heavy atom. The molecule has 2 rings (SSSR count). The second kappa shape index (κ2) is 6.15. The smallest absolute Gasteiger partial charge is 0.161 e. The third kappa shape index (κ3) is 3.16. The van der Waals surface area contributed by atoms with E-state index in [1.807, 2.05) is 0 Å². The molecule has 0 aliphatic rings. The van der Waals surface area contributed by atoms with Crippen molar-refractivity contribution in [3.63, 3.8) is 0 Å². The average Bonchev–Trinajstić information content (AvgIpc) is 2.39. The van der Waals surface area contributed by atoms with E-state index in [1.165, 1.54) is 18.2 Å². The Morgan fingerprint density at radius 2 is 1.80 bits per heavy atom. The molecule has 3 N–H and O–H groups in total. The van der Waals surface area contributed by atoms with E-state index in [4.69, 9.17) is 18.0 Å². The number of hydrogen-bond acceptors (Lipinski definition) is 2. The lowest BCUT2D eigenvalue weighted by Gasteiger charge is -2.12. The van der Waals surface area contributed by atoms with Gasteiger partial charge in [-0.3, -0.25) is 0 Å². The molecule has 2 aromatic rings. The fourth-order valence-corrected chi connectivity index (χ4v) is 2.80. The summed E-state index contributed by atoms with van der Waals surface area (Å²) in [5, 5.41) is 2.69. The summed E-state index contributed by atoms with van der Waals surface area (Å²) < 4.78 is 28.6. The SMILES string of the molecule is NC(=S)c1ccc(Nc2cc(Br)ccc2F)c(F)c1Br. The van der Waals surface area contributed by atoms with Crippen LogP contribution in [0.5, 0.6) is 0 Å². The minimum absolute atomic E-state index is 0.0796. The number of nitrogens with one attached hydrogen (secondary N) is 1. The van der Waals surface area contributed by atoms with Crippen LogP contribution in [-0.4, -0.2) is 4.99 Å². The predicted molar refractivity (Wildman–Crippen MR) is 87.4 cm³/mol. The van der Waals surface area contributed by atoms with Gasteiger partial charge in [-0.2, -0.15) is 0 Å². The maximum Gasteiger partial charge on any atom is 0.161 e. The number of halogens is 4. The maximum atomic E-state index is 14.2. The van der Waals surface area contributed by atoms with Crippen molar-refractivity contribution >= 4 is 60.4 Å². The highest BCUT2D eigenvalue weighted by molar-refractivity contribution is 9.10. The molecule has 0 radical (unpaired) electrons. The van der Waals surface area contributed by atoms with Crippen molar-refractivity contribution in [2.24, 2.45) is 5.73 Å². The van der Waals surface area contributed by atoms with Crippen LogP contribution in [0.2, 0.25) is 0 Å². The van der Waals surface area contributed by atoms with Gasteiger partial charge in [-0.05, 0) is 46.3 Å². The van der Waals surface area contributed by atoms with Gasteiger partial charge in [0.05, 0.1) is 15.8 Å². The summed E-state index contributed by atoms with van der Waals surface area (Å²) in [5.74, 6) is -1.07. The van der Waals surface area contributed by atoms with E-state index in [-0.39, 0.29) is 20.8 Å². The molecule has 0 spiro atoms. The van der Waals surface area contributed by atoms with Crippen molar-refractivity contribution in [3.8, 4) is 0 Å². The lowest BCUT2D eigenvalue weighted by atomic mass is 10.2. The predicted octanol–water partition coefficient (Wildman–Crippen LogP) is 4.87. The van der Waals surface area contributed by atoms with Gasteiger partial charge < -0.3 is 11.1 Å². The van der Waals surface area contributed by atoms with Crippen molar-refractivity contribution in [1.29, 1.82) is 0 Å². The Kier molecular flexibility index (Phi) is 4.72. The highest BCUT2D eigenvalue weighted by atomic mass is 79.9. The Bertz CT molecular complexity index is 692. The summed E-state index contributed by atoms with van der Waals surface area (Å²) in [7, 11) is 0.